The van der Waals surface area contributed by atoms with Gasteiger partial charge in [0.2, 0.25) is 5.91 Å². The number of nitrogens with zero attached hydrogens (tertiary/aromatic N) is 3. The number of amides is 4. The number of alkyl carbamates (subject to hydrolysis) is 1. The van der Waals surface area contributed by atoms with E-state index < -0.39 is 35.9 Å². The smallest absolute Gasteiger partial charge is 0.407 e. The minimum Gasteiger partial charge on any atom is -0.441 e. The highest BCUT2D eigenvalue weighted by Gasteiger charge is 2.40. The fraction of sp³-hybridized carbons (Fsp3) is 0.462. The maximum atomic E-state index is 14.0. The standard InChI is InChI=1S/C39H50N6O6S/c1-27(2)35(44-37(48)45(3)24-39(25-52-26-40-39)30-16-10-11-17-30)36(47)42-31(20-28-12-6-4-7-13-28)22-34(46)33(21-29-14-8-5-9-15-29)43-38(49)50-23-32-18-19-41-51-32/h4-9,12-16,18-19,26-27,31,33-35,46H,10-11,17,20-25H2,1-3H3,(H,42,47)(H,43,49)(H,44,48)/t31-,33-,34-,35-,39?/m0/s1. The van der Waals surface area contributed by atoms with Crippen molar-refractivity contribution in [2.24, 2.45) is 10.9 Å². The van der Waals surface area contributed by atoms with Gasteiger partial charge in [0.15, 0.2) is 12.4 Å². The average molecular weight is 731 g/mol. The fourth-order valence-corrected chi connectivity index (χ4v) is 7.66. The number of carbonyl (C=O) groups is 3. The third-order valence-corrected chi connectivity index (χ3v) is 10.4. The topological polar surface area (TPSA) is 158 Å². The number of aliphatic hydroxyl groups is 1. The molecule has 278 valence electrons. The van der Waals surface area contributed by atoms with Gasteiger partial charge in [-0.25, -0.2) is 9.59 Å². The first-order valence-corrected chi connectivity index (χ1v) is 18.9. The SMILES string of the molecule is CC(C)[C@H](NC(=O)N(C)CC1(C2=CCCC2)CSC=N1)C(=O)N[C@@H](Cc1ccccc1)C[C@H](O)[C@H](Cc1ccccc1)NC(=O)OCc1ccno1. The summed E-state index contributed by atoms with van der Waals surface area (Å²) in [5.41, 5.74) is 4.58. The monoisotopic (exact) mass is 730 g/mol. The van der Waals surface area contributed by atoms with Gasteiger partial charge >= 0.3 is 12.1 Å². The van der Waals surface area contributed by atoms with Crippen LogP contribution in [0, 0.1) is 5.92 Å². The molecule has 1 aliphatic heterocycles. The number of aliphatic imine (C=N–C) groups is 1. The number of ether oxygens (including phenoxy) is 1. The first kappa shape index (κ1) is 38.6. The van der Waals surface area contributed by atoms with E-state index in [1.54, 1.807) is 29.8 Å². The van der Waals surface area contributed by atoms with Gasteiger partial charge in [-0.2, -0.15) is 0 Å². The van der Waals surface area contributed by atoms with E-state index in [1.807, 2.05) is 80.1 Å². The van der Waals surface area contributed by atoms with Crippen LogP contribution in [0.4, 0.5) is 9.59 Å². The minimum atomic E-state index is -1.07. The molecule has 0 bridgehead atoms. The summed E-state index contributed by atoms with van der Waals surface area (Å²) < 4.78 is 10.4. The van der Waals surface area contributed by atoms with Crippen LogP contribution >= 0.6 is 11.8 Å². The van der Waals surface area contributed by atoms with Crippen molar-refractivity contribution in [3.05, 3.63) is 101 Å². The van der Waals surface area contributed by atoms with E-state index >= 15 is 0 Å². The van der Waals surface area contributed by atoms with Gasteiger partial charge in [-0.1, -0.05) is 85.7 Å². The molecule has 2 aromatic carbocycles. The molecule has 13 heteroatoms. The number of rotatable bonds is 17. The number of hydrogen-bond donors (Lipinski definition) is 4. The summed E-state index contributed by atoms with van der Waals surface area (Å²) >= 11 is 1.65. The molecule has 4 N–H and O–H groups in total. The van der Waals surface area contributed by atoms with Crippen LogP contribution in [0.3, 0.4) is 0 Å². The molecule has 5 rings (SSSR count). The summed E-state index contributed by atoms with van der Waals surface area (Å²) in [6.07, 6.45) is 5.88. The predicted octanol–water partition coefficient (Wildman–Crippen LogP) is 5.28. The molecule has 5 atom stereocenters. The number of carbonyl (C=O) groups excluding carboxylic acids is 3. The van der Waals surface area contributed by atoms with Gasteiger partial charge in [0.25, 0.3) is 0 Å². The Hall–Kier alpha value is -4.62. The van der Waals surface area contributed by atoms with Crippen molar-refractivity contribution in [1.29, 1.82) is 0 Å². The number of aliphatic hydroxyl groups excluding tert-OH is 1. The lowest BCUT2D eigenvalue weighted by atomic mass is 9.91. The van der Waals surface area contributed by atoms with E-state index in [9.17, 15) is 19.5 Å². The Kier molecular flexibility index (Phi) is 13.9. The van der Waals surface area contributed by atoms with Gasteiger partial charge in [0.05, 0.1) is 30.4 Å². The van der Waals surface area contributed by atoms with Gasteiger partial charge < -0.3 is 35.2 Å². The second-order valence-corrected chi connectivity index (χ2v) is 14.8. The van der Waals surface area contributed by atoms with Crippen LogP contribution in [0.1, 0.15) is 56.4 Å². The molecular formula is C39H50N6O6S. The first-order chi connectivity index (χ1) is 25.1. The number of allylic oxidation sites excluding steroid dienone is 1. The molecule has 0 saturated carbocycles. The lowest BCUT2D eigenvalue weighted by molar-refractivity contribution is -0.124. The number of aromatic nitrogens is 1. The van der Waals surface area contributed by atoms with Crippen molar-refractivity contribution < 1.29 is 28.8 Å². The Balaban J connectivity index is 1.28. The van der Waals surface area contributed by atoms with Crippen LogP contribution in [-0.2, 0) is 29.0 Å². The molecule has 0 radical (unpaired) electrons. The molecular weight excluding hydrogens is 681 g/mol. The number of hydrogen-bond acceptors (Lipinski definition) is 9. The zero-order valence-electron chi connectivity index (χ0n) is 30.1. The van der Waals surface area contributed by atoms with Crippen LogP contribution in [0.25, 0.3) is 0 Å². The van der Waals surface area contributed by atoms with Gasteiger partial charge in [0, 0.05) is 24.9 Å². The summed E-state index contributed by atoms with van der Waals surface area (Å²) in [6, 6.07) is 18.3. The van der Waals surface area contributed by atoms with Gasteiger partial charge in [-0.3, -0.25) is 9.79 Å². The molecule has 12 nitrogen and oxygen atoms in total. The van der Waals surface area contributed by atoms with Crippen molar-refractivity contribution in [2.45, 2.75) is 88.7 Å². The van der Waals surface area contributed by atoms with E-state index in [0.717, 1.165) is 36.1 Å². The zero-order valence-corrected chi connectivity index (χ0v) is 30.9. The molecule has 2 aliphatic rings. The Bertz CT molecular complexity index is 1650. The number of urea groups is 1. The molecule has 52 heavy (non-hydrogen) atoms. The summed E-state index contributed by atoms with van der Waals surface area (Å²) in [4.78, 5) is 46.9. The Morgan fingerprint density at radius 3 is 2.31 bits per heavy atom. The quantitative estimate of drug-likeness (QED) is 0.137. The van der Waals surface area contributed by atoms with Crippen molar-refractivity contribution in [1.82, 2.24) is 26.0 Å². The third-order valence-electron chi connectivity index (χ3n) is 9.51. The molecule has 3 aromatic rings. The predicted molar refractivity (Wildman–Crippen MR) is 202 cm³/mol. The molecule has 1 aromatic heterocycles. The largest absolute Gasteiger partial charge is 0.441 e. The molecule has 2 heterocycles. The lowest BCUT2D eigenvalue weighted by Gasteiger charge is -2.34. The fourth-order valence-electron chi connectivity index (χ4n) is 6.69. The molecule has 0 spiro atoms. The molecule has 1 unspecified atom stereocenters. The highest BCUT2D eigenvalue weighted by atomic mass is 32.2. The van der Waals surface area contributed by atoms with Crippen molar-refractivity contribution >= 4 is 35.3 Å². The Labute approximate surface area is 309 Å². The van der Waals surface area contributed by atoms with Crippen molar-refractivity contribution in [2.75, 3.05) is 19.3 Å². The first-order valence-electron chi connectivity index (χ1n) is 17.9. The minimum absolute atomic E-state index is 0.116. The summed E-state index contributed by atoms with van der Waals surface area (Å²) in [7, 11) is 1.74. The van der Waals surface area contributed by atoms with Gasteiger partial charge in [0.1, 0.15) is 11.6 Å². The summed E-state index contributed by atoms with van der Waals surface area (Å²) in [5.74, 6) is 0.591. The molecule has 4 amide bonds. The van der Waals surface area contributed by atoms with Crippen molar-refractivity contribution in [3.63, 3.8) is 0 Å². The van der Waals surface area contributed by atoms with E-state index in [-0.39, 0.29) is 30.9 Å². The lowest BCUT2D eigenvalue weighted by Crippen LogP contribution is -2.57. The maximum Gasteiger partial charge on any atom is 0.407 e. The number of nitrogens with one attached hydrogen (secondary N) is 3. The zero-order chi connectivity index (χ0) is 36.9. The van der Waals surface area contributed by atoms with Crippen LogP contribution < -0.4 is 16.0 Å². The molecule has 0 saturated heterocycles. The van der Waals surface area contributed by atoms with Gasteiger partial charge in [-0.05, 0) is 61.1 Å². The van der Waals surface area contributed by atoms with E-state index in [1.165, 1.54) is 11.8 Å². The van der Waals surface area contributed by atoms with Gasteiger partial charge in [-0.15, -0.1) is 11.8 Å². The number of likely N-dealkylation sites (N-methyl/N-ethyl adjacent to an activating group) is 1. The molecule has 1 aliphatic carbocycles. The van der Waals surface area contributed by atoms with Crippen LogP contribution in [0.15, 0.2) is 94.1 Å². The van der Waals surface area contributed by atoms with Crippen LogP contribution in [0.2, 0.25) is 0 Å². The highest BCUT2D eigenvalue weighted by Crippen LogP contribution is 2.37. The second kappa shape index (κ2) is 18.7. The molecule has 0 fully saturated rings. The number of benzene rings is 2. The highest BCUT2D eigenvalue weighted by molar-refractivity contribution is 8.12. The Morgan fingerprint density at radius 1 is 1.00 bits per heavy atom. The maximum absolute atomic E-state index is 14.0. The van der Waals surface area contributed by atoms with Crippen LogP contribution in [-0.4, -0.2) is 87.9 Å². The van der Waals surface area contributed by atoms with E-state index in [0.29, 0.717) is 25.1 Å². The van der Waals surface area contributed by atoms with Crippen LogP contribution in [0.5, 0.6) is 0 Å². The van der Waals surface area contributed by atoms with Crippen molar-refractivity contribution in [3.8, 4) is 0 Å². The Morgan fingerprint density at radius 2 is 1.71 bits per heavy atom. The summed E-state index contributed by atoms with van der Waals surface area (Å²) in [5, 5.41) is 24.3. The second-order valence-electron chi connectivity index (χ2n) is 13.9. The van der Waals surface area contributed by atoms with E-state index in [4.69, 9.17) is 14.3 Å². The third kappa shape index (κ3) is 10.9. The normalized spacial score (nSPS) is 19.0. The summed E-state index contributed by atoms with van der Waals surface area (Å²) in [6.45, 7) is 4.08. The van der Waals surface area contributed by atoms with E-state index in [2.05, 4.69) is 27.2 Å². The average Bonchev–Trinajstić information content (AvgIpc) is 3.95. The number of thioether (sulfide) groups is 1.